The first-order valence-electron chi connectivity index (χ1n) is 3.58. The maximum atomic E-state index is 5.86. The molecule has 1 heterocycles. The van der Waals surface area contributed by atoms with Gasteiger partial charge in [0.05, 0.1) is 0 Å². The van der Waals surface area contributed by atoms with Gasteiger partial charge in [-0.15, -0.1) is 0 Å². The zero-order valence-corrected chi connectivity index (χ0v) is 8.25. The van der Waals surface area contributed by atoms with Gasteiger partial charge in [0.15, 0.2) is 0 Å². The molecule has 62 valence electrons. The third kappa shape index (κ3) is 3.27. The molecule has 1 rings (SSSR count). The summed E-state index contributed by atoms with van der Waals surface area (Å²) in [4.78, 5) is 0. The Kier molecular flexibility index (Phi) is 3.97. The van der Waals surface area contributed by atoms with Crippen LogP contribution in [-0.4, -0.2) is 18.1 Å². The lowest BCUT2D eigenvalue weighted by atomic mass is 10.1. The summed E-state index contributed by atoms with van der Waals surface area (Å²) < 4.78 is 0. The second kappa shape index (κ2) is 4.80. The Hall–Kier alpha value is 0.01000. The van der Waals surface area contributed by atoms with Crippen LogP contribution in [0.3, 0.4) is 0 Å². The molecule has 1 aromatic rings. The molecule has 1 aromatic heterocycles. The van der Waals surface area contributed by atoms with Crippen LogP contribution in [0.4, 0.5) is 0 Å². The maximum Gasteiger partial charge on any atom is 0.0171 e. The molecule has 0 fully saturated rings. The van der Waals surface area contributed by atoms with Crippen molar-refractivity contribution < 1.29 is 0 Å². The highest BCUT2D eigenvalue weighted by Crippen LogP contribution is 2.09. The lowest BCUT2D eigenvalue weighted by molar-refractivity contribution is 0.751. The SMILES string of the molecule is CSCC(N)Cc1ccsc1. The predicted molar refractivity (Wildman–Crippen MR) is 54.4 cm³/mol. The second-order valence-electron chi connectivity index (χ2n) is 2.55. The molecule has 2 N–H and O–H groups in total. The molecule has 0 radical (unpaired) electrons. The van der Waals surface area contributed by atoms with Crippen LogP contribution >= 0.6 is 23.1 Å². The molecule has 0 amide bonds. The summed E-state index contributed by atoms with van der Waals surface area (Å²) in [7, 11) is 0. The molecule has 0 bridgehead atoms. The third-order valence-corrected chi connectivity index (χ3v) is 2.95. The van der Waals surface area contributed by atoms with Crippen LogP contribution in [-0.2, 0) is 6.42 Å². The average Bonchev–Trinajstić information content (AvgIpc) is 2.40. The van der Waals surface area contributed by atoms with E-state index < -0.39 is 0 Å². The molecular weight excluding hydrogens is 174 g/mol. The highest BCUT2D eigenvalue weighted by atomic mass is 32.2. The Morgan fingerprint density at radius 2 is 2.55 bits per heavy atom. The van der Waals surface area contributed by atoms with Crippen molar-refractivity contribution in [2.45, 2.75) is 12.5 Å². The average molecular weight is 187 g/mol. The topological polar surface area (TPSA) is 26.0 Å². The molecule has 0 saturated heterocycles. The summed E-state index contributed by atoms with van der Waals surface area (Å²) in [5, 5.41) is 4.27. The smallest absolute Gasteiger partial charge is 0.0171 e. The van der Waals surface area contributed by atoms with Crippen molar-refractivity contribution in [1.82, 2.24) is 0 Å². The Bertz CT molecular complexity index is 184. The van der Waals surface area contributed by atoms with Crippen molar-refractivity contribution in [2.75, 3.05) is 12.0 Å². The molecule has 0 aliphatic carbocycles. The van der Waals surface area contributed by atoms with Crippen LogP contribution in [0.2, 0.25) is 0 Å². The van der Waals surface area contributed by atoms with Crippen molar-refractivity contribution in [3.8, 4) is 0 Å². The lowest BCUT2D eigenvalue weighted by Gasteiger charge is -2.07. The third-order valence-electron chi connectivity index (χ3n) is 1.46. The van der Waals surface area contributed by atoms with E-state index in [1.807, 2.05) is 11.8 Å². The lowest BCUT2D eigenvalue weighted by Crippen LogP contribution is -2.25. The first-order valence-corrected chi connectivity index (χ1v) is 5.92. The zero-order chi connectivity index (χ0) is 8.10. The van der Waals surface area contributed by atoms with Gasteiger partial charge in [0.1, 0.15) is 0 Å². The zero-order valence-electron chi connectivity index (χ0n) is 6.62. The van der Waals surface area contributed by atoms with Crippen LogP contribution in [0.5, 0.6) is 0 Å². The van der Waals surface area contributed by atoms with Crippen molar-refractivity contribution in [2.24, 2.45) is 5.73 Å². The molecule has 0 aliphatic heterocycles. The van der Waals surface area contributed by atoms with E-state index in [0.717, 1.165) is 12.2 Å². The molecule has 0 aliphatic rings. The molecule has 1 unspecified atom stereocenters. The fraction of sp³-hybridized carbons (Fsp3) is 0.500. The molecule has 0 aromatic carbocycles. The first-order chi connectivity index (χ1) is 5.33. The Morgan fingerprint density at radius 3 is 3.09 bits per heavy atom. The Labute approximate surface area is 76.0 Å². The molecule has 0 saturated carbocycles. The standard InChI is InChI=1S/C8H13NS2/c1-10-6-8(9)4-7-2-3-11-5-7/h2-3,5,8H,4,6,9H2,1H3. The van der Waals surface area contributed by atoms with E-state index in [1.165, 1.54) is 5.56 Å². The van der Waals surface area contributed by atoms with Crippen LogP contribution in [0, 0.1) is 0 Å². The van der Waals surface area contributed by atoms with E-state index in [1.54, 1.807) is 11.3 Å². The van der Waals surface area contributed by atoms with Gasteiger partial charge < -0.3 is 5.73 Å². The van der Waals surface area contributed by atoms with E-state index in [0.29, 0.717) is 6.04 Å². The summed E-state index contributed by atoms with van der Waals surface area (Å²) in [6.45, 7) is 0. The van der Waals surface area contributed by atoms with E-state index >= 15 is 0 Å². The van der Waals surface area contributed by atoms with Crippen molar-refractivity contribution in [3.05, 3.63) is 22.4 Å². The van der Waals surface area contributed by atoms with Gasteiger partial charge in [-0.3, -0.25) is 0 Å². The quantitative estimate of drug-likeness (QED) is 0.780. The van der Waals surface area contributed by atoms with Crippen LogP contribution in [0.15, 0.2) is 16.8 Å². The molecule has 1 nitrogen and oxygen atoms in total. The van der Waals surface area contributed by atoms with Gasteiger partial charge in [-0.05, 0) is 35.1 Å². The molecular formula is C8H13NS2. The fourth-order valence-corrected chi connectivity index (χ4v) is 2.21. The fourth-order valence-electron chi connectivity index (χ4n) is 0.985. The number of hydrogen-bond donors (Lipinski definition) is 1. The number of thioether (sulfide) groups is 1. The van der Waals surface area contributed by atoms with E-state index in [4.69, 9.17) is 5.73 Å². The van der Waals surface area contributed by atoms with Gasteiger partial charge in [0.25, 0.3) is 0 Å². The minimum Gasteiger partial charge on any atom is -0.327 e. The predicted octanol–water partition coefficient (Wildman–Crippen LogP) is 1.98. The normalized spacial score (nSPS) is 13.3. The summed E-state index contributed by atoms with van der Waals surface area (Å²) in [5.41, 5.74) is 7.23. The van der Waals surface area contributed by atoms with Gasteiger partial charge in [0, 0.05) is 11.8 Å². The number of rotatable bonds is 4. The molecule has 11 heavy (non-hydrogen) atoms. The summed E-state index contributed by atoms with van der Waals surface area (Å²) >= 11 is 3.55. The van der Waals surface area contributed by atoms with Crippen molar-refractivity contribution >= 4 is 23.1 Å². The molecule has 1 atom stereocenters. The van der Waals surface area contributed by atoms with Crippen LogP contribution < -0.4 is 5.73 Å². The van der Waals surface area contributed by atoms with Gasteiger partial charge in [-0.1, -0.05) is 0 Å². The van der Waals surface area contributed by atoms with Crippen molar-refractivity contribution in [3.63, 3.8) is 0 Å². The molecule has 3 heteroatoms. The Balaban J connectivity index is 2.31. The van der Waals surface area contributed by atoms with Crippen molar-refractivity contribution in [1.29, 1.82) is 0 Å². The highest BCUT2D eigenvalue weighted by molar-refractivity contribution is 7.98. The highest BCUT2D eigenvalue weighted by Gasteiger charge is 2.02. The van der Waals surface area contributed by atoms with E-state index in [2.05, 4.69) is 23.1 Å². The van der Waals surface area contributed by atoms with E-state index in [9.17, 15) is 0 Å². The van der Waals surface area contributed by atoms with Gasteiger partial charge in [-0.25, -0.2) is 0 Å². The Morgan fingerprint density at radius 1 is 1.73 bits per heavy atom. The maximum absolute atomic E-state index is 5.86. The number of nitrogens with two attached hydrogens (primary N) is 1. The summed E-state index contributed by atoms with van der Waals surface area (Å²) in [6, 6.07) is 2.46. The number of thiophene rings is 1. The van der Waals surface area contributed by atoms with Crippen LogP contribution in [0.25, 0.3) is 0 Å². The second-order valence-corrected chi connectivity index (χ2v) is 4.24. The van der Waals surface area contributed by atoms with Gasteiger partial charge in [-0.2, -0.15) is 23.1 Å². The summed E-state index contributed by atoms with van der Waals surface area (Å²) in [5.74, 6) is 1.05. The van der Waals surface area contributed by atoms with Crippen LogP contribution in [0.1, 0.15) is 5.56 Å². The molecule has 0 spiro atoms. The summed E-state index contributed by atoms with van der Waals surface area (Å²) in [6.07, 6.45) is 3.11. The van der Waals surface area contributed by atoms with Gasteiger partial charge in [0.2, 0.25) is 0 Å². The largest absolute Gasteiger partial charge is 0.327 e. The minimum atomic E-state index is 0.319. The minimum absolute atomic E-state index is 0.319. The number of hydrogen-bond acceptors (Lipinski definition) is 3. The van der Waals surface area contributed by atoms with E-state index in [-0.39, 0.29) is 0 Å². The first kappa shape index (κ1) is 9.10. The van der Waals surface area contributed by atoms with Gasteiger partial charge >= 0.3 is 0 Å². The monoisotopic (exact) mass is 187 g/mol.